The third kappa shape index (κ3) is 7.00. The molecular weight excluding hydrogens is 312 g/mol. The molecule has 3 nitrogen and oxygen atoms in total. The zero-order valence-electron chi connectivity index (χ0n) is 15.3. The van der Waals surface area contributed by atoms with Crippen LogP contribution in [-0.2, 0) is 12.8 Å². The fourth-order valence-electron chi connectivity index (χ4n) is 2.71. The lowest BCUT2D eigenvalue weighted by molar-refractivity contribution is 0.152. The van der Waals surface area contributed by atoms with E-state index >= 15 is 0 Å². The van der Waals surface area contributed by atoms with E-state index in [1.54, 1.807) is 12.1 Å². The van der Waals surface area contributed by atoms with Gasteiger partial charge in [0.15, 0.2) is 0 Å². The predicted molar refractivity (Wildman–Crippen MR) is 101 cm³/mol. The monoisotopic (exact) mass is 340 g/mol. The normalized spacial score (nSPS) is 10.5. The SMILES string of the molecule is CCCCCCc1ccc(OC(=O)Oc2ccc(CCC)cc2)cc1. The Hall–Kier alpha value is -2.29. The van der Waals surface area contributed by atoms with Gasteiger partial charge in [0.05, 0.1) is 0 Å². The number of benzene rings is 2. The zero-order valence-corrected chi connectivity index (χ0v) is 15.3. The number of ether oxygens (including phenoxy) is 2. The van der Waals surface area contributed by atoms with Crippen molar-refractivity contribution in [1.82, 2.24) is 0 Å². The second kappa shape index (κ2) is 10.5. The highest BCUT2D eigenvalue weighted by Crippen LogP contribution is 2.17. The number of hydrogen-bond acceptors (Lipinski definition) is 3. The Bertz CT molecular complexity index is 629. The summed E-state index contributed by atoms with van der Waals surface area (Å²) < 4.78 is 10.4. The van der Waals surface area contributed by atoms with Crippen LogP contribution in [0.2, 0.25) is 0 Å². The van der Waals surface area contributed by atoms with Gasteiger partial charge >= 0.3 is 6.16 Å². The summed E-state index contributed by atoms with van der Waals surface area (Å²) in [6, 6.07) is 15.2. The molecule has 0 heterocycles. The Kier molecular flexibility index (Phi) is 8.03. The van der Waals surface area contributed by atoms with E-state index in [1.165, 1.54) is 36.8 Å². The van der Waals surface area contributed by atoms with E-state index in [1.807, 2.05) is 36.4 Å². The first kappa shape index (κ1) is 19.0. The van der Waals surface area contributed by atoms with E-state index in [0.29, 0.717) is 11.5 Å². The molecule has 25 heavy (non-hydrogen) atoms. The summed E-state index contributed by atoms with van der Waals surface area (Å²) in [6.45, 7) is 4.35. The lowest BCUT2D eigenvalue weighted by atomic mass is 10.1. The maximum atomic E-state index is 11.9. The molecule has 0 radical (unpaired) electrons. The first-order valence-electron chi connectivity index (χ1n) is 9.28. The molecule has 0 aliphatic heterocycles. The second-order valence-corrected chi connectivity index (χ2v) is 6.30. The number of carbonyl (C=O) groups excluding carboxylic acids is 1. The van der Waals surface area contributed by atoms with Crippen LogP contribution in [0.3, 0.4) is 0 Å². The van der Waals surface area contributed by atoms with Crippen molar-refractivity contribution in [2.75, 3.05) is 0 Å². The quantitative estimate of drug-likeness (QED) is 0.303. The van der Waals surface area contributed by atoms with Crippen LogP contribution in [0, 0.1) is 0 Å². The highest BCUT2D eigenvalue weighted by molar-refractivity contribution is 5.67. The maximum absolute atomic E-state index is 11.9. The van der Waals surface area contributed by atoms with Crippen LogP contribution in [0.15, 0.2) is 48.5 Å². The van der Waals surface area contributed by atoms with Gasteiger partial charge in [-0.15, -0.1) is 0 Å². The van der Waals surface area contributed by atoms with Crippen molar-refractivity contribution in [3.8, 4) is 11.5 Å². The molecule has 0 atom stereocenters. The lowest BCUT2D eigenvalue weighted by Gasteiger charge is -2.07. The smallest absolute Gasteiger partial charge is 0.395 e. The fourth-order valence-corrected chi connectivity index (χ4v) is 2.71. The number of aryl methyl sites for hydroxylation is 2. The van der Waals surface area contributed by atoms with Gasteiger partial charge < -0.3 is 9.47 Å². The third-order valence-electron chi connectivity index (χ3n) is 4.11. The molecule has 0 fully saturated rings. The summed E-state index contributed by atoms with van der Waals surface area (Å²) in [7, 11) is 0. The van der Waals surface area contributed by atoms with Crippen molar-refractivity contribution in [3.63, 3.8) is 0 Å². The molecule has 0 bridgehead atoms. The highest BCUT2D eigenvalue weighted by Gasteiger charge is 2.08. The number of rotatable bonds is 9. The number of unbranched alkanes of at least 4 members (excludes halogenated alkanes) is 3. The molecular formula is C22H28O3. The average Bonchev–Trinajstić information content (AvgIpc) is 2.62. The molecule has 0 saturated heterocycles. The predicted octanol–water partition coefficient (Wildman–Crippen LogP) is 6.34. The Labute approximate surface area is 151 Å². The molecule has 0 saturated carbocycles. The molecule has 134 valence electrons. The summed E-state index contributed by atoms with van der Waals surface area (Å²) in [5.41, 5.74) is 2.50. The van der Waals surface area contributed by atoms with Gasteiger partial charge in [0.25, 0.3) is 0 Å². The van der Waals surface area contributed by atoms with Gasteiger partial charge in [0.2, 0.25) is 0 Å². The van der Waals surface area contributed by atoms with E-state index in [9.17, 15) is 4.79 Å². The molecule has 2 aromatic carbocycles. The van der Waals surface area contributed by atoms with Crippen LogP contribution < -0.4 is 9.47 Å². The first-order valence-corrected chi connectivity index (χ1v) is 9.28. The molecule has 3 heteroatoms. The standard InChI is InChI=1S/C22H28O3/c1-3-5-6-7-9-19-12-16-21(17-13-19)25-22(23)24-20-14-10-18(8-4-2)11-15-20/h10-17H,3-9H2,1-2H3. The van der Waals surface area contributed by atoms with Gasteiger partial charge in [-0.3, -0.25) is 0 Å². The van der Waals surface area contributed by atoms with E-state index in [0.717, 1.165) is 19.3 Å². The maximum Gasteiger partial charge on any atom is 0.519 e. The number of carbonyl (C=O) groups is 1. The van der Waals surface area contributed by atoms with E-state index in [4.69, 9.17) is 9.47 Å². The molecule has 0 spiro atoms. The summed E-state index contributed by atoms with van der Waals surface area (Å²) in [5.74, 6) is 1.00. The van der Waals surface area contributed by atoms with Crippen LogP contribution in [0.25, 0.3) is 0 Å². The van der Waals surface area contributed by atoms with Crippen LogP contribution >= 0.6 is 0 Å². The van der Waals surface area contributed by atoms with Gasteiger partial charge in [-0.25, -0.2) is 4.79 Å². The molecule has 2 rings (SSSR count). The molecule has 0 aliphatic carbocycles. The first-order chi connectivity index (χ1) is 12.2. The fraction of sp³-hybridized carbons (Fsp3) is 0.409. The van der Waals surface area contributed by atoms with Crippen LogP contribution in [-0.4, -0.2) is 6.16 Å². The minimum Gasteiger partial charge on any atom is -0.395 e. The summed E-state index contributed by atoms with van der Waals surface area (Å²) >= 11 is 0. The van der Waals surface area contributed by atoms with Gasteiger partial charge in [-0.2, -0.15) is 0 Å². The van der Waals surface area contributed by atoms with Gasteiger partial charge in [0.1, 0.15) is 11.5 Å². The average molecular weight is 340 g/mol. The zero-order chi connectivity index (χ0) is 17.9. The topological polar surface area (TPSA) is 35.5 Å². The minimum atomic E-state index is -0.709. The van der Waals surface area contributed by atoms with Crippen LogP contribution in [0.5, 0.6) is 11.5 Å². The van der Waals surface area contributed by atoms with Crippen molar-refractivity contribution in [3.05, 3.63) is 59.7 Å². The Balaban J connectivity index is 1.79. The number of hydrogen-bond donors (Lipinski definition) is 0. The van der Waals surface area contributed by atoms with Crippen LogP contribution in [0.4, 0.5) is 4.79 Å². The Morgan fingerprint density at radius 1 is 0.680 bits per heavy atom. The molecule has 0 amide bonds. The van der Waals surface area contributed by atoms with Gasteiger partial charge in [-0.1, -0.05) is 63.8 Å². The molecule has 2 aromatic rings. The summed E-state index contributed by atoms with van der Waals surface area (Å²) in [6.07, 6.45) is 7.46. The molecule has 0 N–H and O–H groups in total. The summed E-state index contributed by atoms with van der Waals surface area (Å²) in [5, 5.41) is 0. The van der Waals surface area contributed by atoms with Crippen molar-refractivity contribution in [1.29, 1.82) is 0 Å². The van der Waals surface area contributed by atoms with E-state index < -0.39 is 6.16 Å². The summed E-state index contributed by atoms with van der Waals surface area (Å²) in [4.78, 5) is 11.9. The Morgan fingerprint density at radius 2 is 1.20 bits per heavy atom. The lowest BCUT2D eigenvalue weighted by Crippen LogP contribution is -2.13. The molecule has 0 aromatic heterocycles. The van der Waals surface area contributed by atoms with Crippen LogP contribution in [0.1, 0.15) is 57.1 Å². The largest absolute Gasteiger partial charge is 0.519 e. The van der Waals surface area contributed by atoms with Crippen molar-refractivity contribution >= 4 is 6.16 Å². The second-order valence-electron chi connectivity index (χ2n) is 6.30. The van der Waals surface area contributed by atoms with Gasteiger partial charge in [0, 0.05) is 0 Å². The molecule has 0 unspecified atom stereocenters. The van der Waals surface area contributed by atoms with Gasteiger partial charge in [-0.05, 0) is 54.7 Å². The third-order valence-corrected chi connectivity index (χ3v) is 4.11. The molecule has 0 aliphatic rings. The van der Waals surface area contributed by atoms with E-state index in [2.05, 4.69) is 13.8 Å². The van der Waals surface area contributed by atoms with E-state index in [-0.39, 0.29) is 0 Å². The minimum absolute atomic E-state index is 0.498. The van der Waals surface area contributed by atoms with Crippen molar-refractivity contribution < 1.29 is 14.3 Å². The Morgan fingerprint density at radius 3 is 1.68 bits per heavy atom. The van der Waals surface area contributed by atoms with Crippen molar-refractivity contribution in [2.45, 2.75) is 58.8 Å². The highest BCUT2D eigenvalue weighted by atomic mass is 16.7. The van der Waals surface area contributed by atoms with Crippen molar-refractivity contribution in [2.24, 2.45) is 0 Å².